The van der Waals surface area contributed by atoms with E-state index in [9.17, 15) is 9.59 Å². The lowest BCUT2D eigenvalue weighted by atomic mass is 9.80. The van der Waals surface area contributed by atoms with Crippen molar-refractivity contribution in [1.29, 1.82) is 0 Å². The molecule has 0 aliphatic carbocycles. The molecule has 108 valence electrons. The van der Waals surface area contributed by atoms with Gasteiger partial charge in [-0.2, -0.15) is 0 Å². The number of likely N-dealkylation sites (tertiary alicyclic amines) is 1. The average molecular weight is 269 g/mol. The fourth-order valence-corrected chi connectivity index (χ4v) is 3.32. The molecule has 1 spiro atoms. The Bertz CT molecular complexity index is 381. The van der Waals surface area contributed by atoms with E-state index in [-0.39, 0.29) is 11.4 Å². The number of carboxylic acid groups (broad SMARTS) is 1. The first-order valence-corrected chi connectivity index (χ1v) is 6.81. The molecule has 0 unspecified atom stereocenters. The van der Waals surface area contributed by atoms with Crippen LogP contribution in [-0.2, 0) is 4.79 Å². The van der Waals surface area contributed by atoms with Crippen LogP contribution in [-0.4, -0.2) is 64.2 Å². The van der Waals surface area contributed by atoms with Crippen molar-refractivity contribution in [2.75, 3.05) is 26.2 Å². The minimum absolute atomic E-state index is 0.0544. The van der Waals surface area contributed by atoms with E-state index >= 15 is 0 Å². The number of piperazine rings is 1. The highest BCUT2D eigenvalue weighted by atomic mass is 16.4. The number of hydrogen-bond donors (Lipinski definition) is 2. The SMILES string of the molecule is CC(C)(C)N1CCNC(=O)C12CCN(C(=O)O)CC2. The number of carbonyl (C=O) groups excluding carboxylic acids is 1. The Balaban J connectivity index is 2.23. The normalized spacial score (nSPS) is 24.4. The molecular weight excluding hydrogens is 246 g/mol. The van der Waals surface area contributed by atoms with Crippen LogP contribution in [0.1, 0.15) is 33.6 Å². The fraction of sp³-hybridized carbons (Fsp3) is 0.846. The predicted molar refractivity (Wildman–Crippen MR) is 71.0 cm³/mol. The maximum Gasteiger partial charge on any atom is 0.407 e. The molecule has 0 radical (unpaired) electrons. The molecule has 0 bridgehead atoms. The molecule has 2 fully saturated rings. The van der Waals surface area contributed by atoms with Gasteiger partial charge in [0.05, 0.1) is 0 Å². The van der Waals surface area contributed by atoms with Gasteiger partial charge in [0, 0.05) is 31.7 Å². The smallest absolute Gasteiger partial charge is 0.407 e. The van der Waals surface area contributed by atoms with E-state index in [1.54, 1.807) is 0 Å². The van der Waals surface area contributed by atoms with Crippen molar-refractivity contribution in [3.8, 4) is 0 Å². The van der Waals surface area contributed by atoms with Gasteiger partial charge >= 0.3 is 6.09 Å². The molecule has 2 rings (SSSR count). The van der Waals surface area contributed by atoms with Crippen molar-refractivity contribution in [2.45, 2.75) is 44.7 Å². The maximum atomic E-state index is 12.4. The Morgan fingerprint density at radius 1 is 1.26 bits per heavy atom. The fourth-order valence-electron chi connectivity index (χ4n) is 3.32. The minimum Gasteiger partial charge on any atom is -0.465 e. The van der Waals surface area contributed by atoms with Gasteiger partial charge in [0.2, 0.25) is 5.91 Å². The molecule has 2 N–H and O–H groups in total. The van der Waals surface area contributed by atoms with Crippen molar-refractivity contribution in [1.82, 2.24) is 15.1 Å². The van der Waals surface area contributed by atoms with Gasteiger partial charge in [-0.1, -0.05) is 0 Å². The van der Waals surface area contributed by atoms with Crippen LogP contribution in [0.2, 0.25) is 0 Å². The van der Waals surface area contributed by atoms with Crippen molar-refractivity contribution < 1.29 is 14.7 Å². The van der Waals surface area contributed by atoms with E-state index in [0.717, 1.165) is 6.54 Å². The zero-order valence-corrected chi connectivity index (χ0v) is 11.9. The van der Waals surface area contributed by atoms with Crippen LogP contribution in [0.15, 0.2) is 0 Å². The molecule has 0 aromatic carbocycles. The average Bonchev–Trinajstić information content (AvgIpc) is 2.32. The Hall–Kier alpha value is -1.30. The number of carbonyl (C=O) groups is 2. The molecule has 6 heteroatoms. The van der Waals surface area contributed by atoms with E-state index < -0.39 is 11.6 Å². The van der Waals surface area contributed by atoms with Crippen LogP contribution < -0.4 is 5.32 Å². The second kappa shape index (κ2) is 4.67. The Kier molecular flexibility index (Phi) is 3.47. The second-order valence-electron chi connectivity index (χ2n) is 6.38. The van der Waals surface area contributed by atoms with E-state index in [0.29, 0.717) is 32.5 Å². The number of nitrogens with zero attached hydrogens (tertiary/aromatic N) is 2. The third-order valence-electron chi connectivity index (χ3n) is 4.23. The first-order chi connectivity index (χ1) is 8.77. The summed E-state index contributed by atoms with van der Waals surface area (Å²) < 4.78 is 0. The molecule has 2 aliphatic rings. The summed E-state index contributed by atoms with van der Waals surface area (Å²) in [4.78, 5) is 27.0. The lowest BCUT2D eigenvalue weighted by molar-refractivity contribution is -0.147. The number of amides is 2. The molecular formula is C13H23N3O3. The van der Waals surface area contributed by atoms with Gasteiger partial charge in [0.25, 0.3) is 0 Å². The zero-order chi connectivity index (χ0) is 14.3. The van der Waals surface area contributed by atoms with Gasteiger partial charge in [0.1, 0.15) is 5.54 Å². The van der Waals surface area contributed by atoms with Gasteiger partial charge in [-0.05, 0) is 33.6 Å². The summed E-state index contributed by atoms with van der Waals surface area (Å²) in [7, 11) is 0. The summed E-state index contributed by atoms with van der Waals surface area (Å²) in [5.41, 5.74) is -0.633. The van der Waals surface area contributed by atoms with Gasteiger partial charge in [-0.15, -0.1) is 0 Å². The summed E-state index contributed by atoms with van der Waals surface area (Å²) in [6.07, 6.45) is 0.249. The molecule has 0 aromatic rings. The third-order valence-corrected chi connectivity index (χ3v) is 4.23. The lowest BCUT2D eigenvalue weighted by Gasteiger charge is -2.54. The van der Waals surface area contributed by atoms with Gasteiger partial charge in [-0.3, -0.25) is 9.69 Å². The molecule has 2 heterocycles. The summed E-state index contributed by atoms with van der Waals surface area (Å²) in [5.74, 6) is 0.0544. The topological polar surface area (TPSA) is 72.9 Å². The van der Waals surface area contributed by atoms with E-state index in [4.69, 9.17) is 5.11 Å². The summed E-state index contributed by atoms with van der Waals surface area (Å²) in [6, 6.07) is 0. The highest BCUT2D eigenvalue weighted by Crippen LogP contribution is 2.36. The first-order valence-electron chi connectivity index (χ1n) is 6.81. The molecule has 0 saturated carbocycles. The van der Waals surface area contributed by atoms with Gasteiger partial charge < -0.3 is 15.3 Å². The summed E-state index contributed by atoms with van der Waals surface area (Å²) in [5, 5.41) is 12.0. The molecule has 2 amide bonds. The van der Waals surface area contributed by atoms with Crippen molar-refractivity contribution in [3.63, 3.8) is 0 Å². The summed E-state index contributed by atoms with van der Waals surface area (Å²) in [6.45, 7) is 8.66. The highest BCUT2D eigenvalue weighted by Gasteiger charge is 2.51. The van der Waals surface area contributed by atoms with Crippen molar-refractivity contribution in [3.05, 3.63) is 0 Å². The maximum absolute atomic E-state index is 12.4. The van der Waals surface area contributed by atoms with Gasteiger partial charge in [0.15, 0.2) is 0 Å². The molecule has 2 saturated heterocycles. The molecule has 6 nitrogen and oxygen atoms in total. The van der Waals surface area contributed by atoms with Crippen LogP contribution in [0.3, 0.4) is 0 Å². The van der Waals surface area contributed by atoms with E-state index in [2.05, 4.69) is 31.0 Å². The van der Waals surface area contributed by atoms with Crippen LogP contribution in [0, 0.1) is 0 Å². The quantitative estimate of drug-likeness (QED) is 0.680. The highest BCUT2D eigenvalue weighted by molar-refractivity contribution is 5.87. The molecule has 0 aromatic heterocycles. The standard InChI is InChI=1S/C13H23N3O3/c1-12(2,3)16-9-6-14-10(17)13(16)4-7-15(8-5-13)11(18)19/h4-9H2,1-3H3,(H,14,17)(H,18,19). The van der Waals surface area contributed by atoms with Crippen LogP contribution in [0.4, 0.5) is 4.79 Å². The predicted octanol–water partition coefficient (Wildman–Crippen LogP) is 0.729. The molecule has 0 atom stereocenters. The Labute approximate surface area is 113 Å². The monoisotopic (exact) mass is 269 g/mol. The van der Waals surface area contributed by atoms with Crippen LogP contribution >= 0.6 is 0 Å². The second-order valence-corrected chi connectivity index (χ2v) is 6.38. The van der Waals surface area contributed by atoms with Gasteiger partial charge in [-0.25, -0.2) is 4.79 Å². The molecule has 2 aliphatic heterocycles. The Morgan fingerprint density at radius 2 is 1.84 bits per heavy atom. The zero-order valence-electron chi connectivity index (χ0n) is 11.9. The van der Waals surface area contributed by atoms with Crippen LogP contribution in [0.25, 0.3) is 0 Å². The Morgan fingerprint density at radius 3 is 2.32 bits per heavy atom. The first kappa shape index (κ1) is 14.1. The van der Waals surface area contributed by atoms with E-state index in [1.165, 1.54) is 4.90 Å². The largest absolute Gasteiger partial charge is 0.465 e. The van der Waals surface area contributed by atoms with Crippen LogP contribution in [0.5, 0.6) is 0 Å². The number of nitrogens with one attached hydrogen (secondary N) is 1. The summed E-state index contributed by atoms with van der Waals surface area (Å²) >= 11 is 0. The third kappa shape index (κ3) is 2.41. The van der Waals surface area contributed by atoms with Crippen molar-refractivity contribution >= 4 is 12.0 Å². The van der Waals surface area contributed by atoms with Crippen molar-refractivity contribution in [2.24, 2.45) is 0 Å². The lowest BCUT2D eigenvalue weighted by Crippen LogP contribution is -2.71. The van der Waals surface area contributed by atoms with E-state index in [1.807, 2.05) is 0 Å². The number of hydrogen-bond acceptors (Lipinski definition) is 3. The number of piperidine rings is 1. The minimum atomic E-state index is -0.895. The number of rotatable bonds is 0. The molecule has 19 heavy (non-hydrogen) atoms.